The van der Waals surface area contributed by atoms with E-state index in [0.717, 1.165) is 21.8 Å². The number of aromatic nitrogens is 4. The van der Waals surface area contributed by atoms with Crippen LogP contribution in [0.25, 0.3) is 5.82 Å². The molecule has 8 heteroatoms. The molecule has 0 bridgehead atoms. The van der Waals surface area contributed by atoms with E-state index in [1.807, 2.05) is 50.2 Å². The van der Waals surface area contributed by atoms with E-state index in [1.54, 1.807) is 35.0 Å². The molecule has 0 aliphatic rings. The lowest BCUT2D eigenvalue weighted by atomic mass is 10.3. The maximum Gasteiger partial charge on any atom is 0.267 e. The van der Waals surface area contributed by atoms with Crippen molar-refractivity contribution in [1.82, 2.24) is 19.6 Å². The van der Waals surface area contributed by atoms with Crippen LogP contribution in [-0.2, 0) is 11.3 Å². The van der Waals surface area contributed by atoms with Gasteiger partial charge in [-0.2, -0.15) is 5.10 Å². The van der Waals surface area contributed by atoms with Gasteiger partial charge in [-0.1, -0.05) is 18.2 Å². The third kappa shape index (κ3) is 4.87. The van der Waals surface area contributed by atoms with Crippen LogP contribution in [0.5, 0.6) is 11.5 Å². The van der Waals surface area contributed by atoms with E-state index in [0.29, 0.717) is 17.3 Å². The summed E-state index contributed by atoms with van der Waals surface area (Å²) < 4.78 is 8.49. The lowest BCUT2D eigenvalue weighted by molar-refractivity contribution is -0.117. The Labute approximate surface area is 178 Å². The molecule has 2 heterocycles. The first-order valence-electron chi connectivity index (χ1n) is 9.72. The second-order valence-corrected chi connectivity index (χ2v) is 7.01. The van der Waals surface area contributed by atoms with Gasteiger partial charge in [0.25, 0.3) is 5.56 Å². The van der Waals surface area contributed by atoms with Crippen molar-refractivity contribution in [3.8, 4) is 17.3 Å². The molecular weight excluding hydrogens is 394 g/mol. The van der Waals surface area contributed by atoms with Gasteiger partial charge in [0.2, 0.25) is 5.91 Å². The van der Waals surface area contributed by atoms with Gasteiger partial charge in [-0.05, 0) is 62.4 Å². The van der Waals surface area contributed by atoms with Crippen molar-refractivity contribution >= 4 is 11.6 Å². The number of hydrogen-bond acceptors (Lipinski definition) is 5. The minimum absolute atomic E-state index is 0.214. The molecule has 31 heavy (non-hydrogen) atoms. The number of para-hydroxylation sites is 1. The number of aryl methyl sites for hydroxylation is 2. The molecule has 4 rings (SSSR count). The number of ether oxygens (including phenoxy) is 1. The largest absolute Gasteiger partial charge is 0.457 e. The van der Waals surface area contributed by atoms with Crippen molar-refractivity contribution < 1.29 is 9.53 Å². The van der Waals surface area contributed by atoms with Crippen LogP contribution >= 0.6 is 0 Å². The molecule has 2 aromatic carbocycles. The Kier molecular flexibility index (Phi) is 5.61. The van der Waals surface area contributed by atoms with Gasteiger partial charge in [-0.25, -0.2) is 9.36 Å². The van der Waals surface area contributed by atoms with E-state index in [-0.39, 0.29) is 18.0 Å². The molecular formula is C23H21N5O3. The molecule has 1 amide bonds. The molecule has 0 saturated heterocycles. The van der Waals surface area contributed by atoms with Crippen molar-refractivity contribution in [2.24, 2.45) is 0 Å². The Bertz CT molecular complexity index is 1260. The number of amides is 1. The molecule has 0 saturated carbocycles. The van der Waals surface area contributed by atoms with Crippen LogP contribution in [0.15, 0.2) is 77.6 Å². The molecule has 0 spiro atoms. The summed E-state index contributed by atoms with van der Waals surface area (Å²) in [5, 5.41) is 11.4. The zero-order valence-electron chi connectivity index (χ0n) is 17.1. The summed E-state index contributed by atoms with van der Waals surface area (Å²) in [6, 6.07) is 21.3. The van der Waals surface area contributed by atoms with Crippen LogP contribution in [0, 0.1) is 13.8 Å². The summed E-state index contributed by atoms with van der Waals surface area (Å²) in [5.41, 5.74) is 1.95. The SMILES string of the molecule is Cc1cc(C)n(-c2ccc(=O)n(CC(=O)Nc3ccc(Oc4ccccc4)cc3)n2)n1. The predicted octanol–water partition coefficient (Wildman–Crippen LogP) is 3.48. The maximum absolute atomic E-state index is 12.5. The summed E-state index contributed by atoms with van der Waals surface area (Å²) >= 11 is 0. The smallest absolute Gasteiger partial charge is 0.267 e. The van der Waals surface area contributed by atoms with Gasteiger partial charge >= 0.3 is 0 Å². The van der Waals surface area contributed by atoms with Gasteiger partial charge in [-0.15, -0.1) is 5.10 Å². The Balaban J connectivity index is 1.43. The highest BCUT2D eigenvalue weighted by Crippen LogP contribution is 2.22. The molecule has 0 unspecified atom stereocenters. The molecule has 2 aromatic heterocycles. The van der Waals surface area contributed by atoms with E-state index in [1.165, 1.54) is 6.07 Å². The molecule has 0 radical (unpaired) electrons. The first-order chi connectivity index (χ1) is 15.0. The molecule has 4 aromatic rings. The molecule has 0 atom stereocenters. The van der Waals surface area contributed by atoms with Crippen LogP contribution in [0.2, 0.25) is 0 Å². The number of carbonyl (C=O) groups is 1. The van der Waals surface area contributed by atoms with E-state index in [9.17, 15) is 9.59 Å². The Morgan fingerprint density at radius 1 is 0.935 bits per heavy atom. The van der Waals surface area contributed by atoms with Crippen molar-refractivity contribution in [2.45, 2.75) is 20.4 Å². The zero-order valence-corrected chi connectivity index (χ0v) is 17.1. The third-order valence-electron chi connectivity index (χ3n) is 4.49. The summed E-state index contributed by atoms with van der Waals surface area (Å²) in [6.07, 6.45) is 0. The van der Waals surface area contributed by atoms with Crippen LogP contribution < -0.4 is 15.6 Å². The number of anilines is 1. The number of nitrogens with one attached hydrogen (secondary N) is 1. The lowest BCUT2D eigenvalue weighted by Gasteiger charge is -2.10. The molecule has 156 valence electrons. The highest BCUT2D eigenvalue weighted by Gasteiger charge is 2.11. The zero-order chi connectivity index (χ0) is 21.8. The van der Waals surface area contributed by atoms with Gasteiger partial charge in [0.05, 0.1) is 5.69 Å². The predicted molar refractivity (Wildman–Crippen MR) is 117 cm³/mol. The van der Waals surface area contributed by atoms with Gasteiger partial charge in [0.15, 0.2) is 5.82 Å². The Hall–Kier alpha value is -4.20. The number of nitrogens with zero attached hydrogens (tertiary/aromatic N) is 4. The van der Waals surface area contributed by atoms with Crippen LogP contribution in [0.1, 0.15) is 11.4 Å². The van der Waals surface area contributed by atoms with Crippen molar-refractivity contribution in [3.63, 3.8) is 0 Å². The standard InChI is InChI=1S/C23H21N5O3/c1-16-14-17(2)28(25-16)21-12-13-23(30)27(26-21)15-22(29)24-18-8-10-20(11-9-18)31-19-6-4-3-5-7-19/h3-14H,15H2,1-2H3,(H,24,29). The van der Waals surface area contributed by atoms with E-state index in [2.05, 4.69) is 15.5 Å². The average Bonchev–Trinajstić information content (AvgIpc) is 3.10. The maximum atomic E-state index is 12.5. The van der Waals surface area contributed by atoms with Gasteiger partial charge < -0.3 is 10.1 Å². The molecule has 0 fully saturated rings. The van der Waals surface area contributed by atoms with Gasteiger partial charge in [0.1, 0.15) is 18.0 Å². The fourth-order valence-corrected chi connectivity index (χ4v) is 3.09. The number of carbonyl (C=O) groups excluding carboxylic acids is 1. The van der Waals surface area contributed by atoms with Gasteiger partial charge in [0, 0.05) is 17.4 Å². The summed E-state index contributed by atoms with van der Waals surface area (Å²) in [6.45, 7) is 3.56. The van der Waals surface area contributed by atoms with Gasteiger partial charge in [-0.3, -0.25) is 9.59 Å². The fraction of sp³-hybridized carbons (Fsp3) is 0.130. The van der Waals surface area contributed by atoms with E-state index < -0.39 is 0 Å². The van der Waals surface area contributed by atoms with Crippen molar-refractivity contribution in [2.75, 3.05) is 5.32 Å². The third-order valence-corrected chi connectivity index (χ3v) is 4.49. The highest BCUT2D eigenvalue weighted by atomic mass is 16.5. The van der Waals surface area contributed by atoms with Crippen LogP contribution in [0.4, 0.5) is 5.69 Å². The second-order valence-electron chi connectivity index (χ2n) is 7.01. The summed E-state index contributed by atoms with van der Waals surface area (Å²) in [7, 11) is 0. The first-order valence-corrected chi connectivity index (χ1v) is 9.72. The summed E-state index contributed by atoms with van der Waals surface area (Å²) in [4.78, 5) is 24.6. The minimum Gasteiger partial charge on any atom is -0.457 e. The number of benzene rings is 2. The normalized spacial score (nSPS) is 10.6. The second kappa shape index (κ2) is 8.66. The Morgan fingerprint density at radius 3 is 2.32 bits per heavy atom. The van der Waals surface area contributed by atoms with E-state index in [4.69, 9.17) is 4.74 Å². The van der Waals surface area contributed by atoms with Crippen molar-refractivity contribution in [1.29, 1.82) is 0 Å². The lowest BCUT2D eigenvalue weighted by Crippen LogP contribution is -2.30. The fourth-order valence-electron chi connectivity index (χ4n) is 3.09. The first kappa shape index (κ1) is 20.1. The average molecular weight is 415 g/mol. The summed E-state index contributed by atoms with van der Waals surface area (Å²) in [5.74, 6) is 1.49. The topological polar surface area (TPSA) is 91.0 Å². The number of rotatable bonds is 6. The van der Waals surface area contributed by atoms with Crippen LogP contribution in [-0.4, -0.2) is 25.5 Å². The number of hydrogen-bond donors (Lipinski definition) is 1. The van der Waals surface area contributed by atoms with E-state index >= 15 is 0 Å². The Morgan fingerprint density at radius 2 is 1.65 bits per heavy atom. The van der Waals surface area contributed by atoms with Crippen LogP contribution in [0.3, 0.4) is 0 Å². The highest BCUT2D eigenvalue weighted by molar-refractivity contribution is 5.90. The molecule has 0 aliphatic heterocycles. The minimum atomic E-state index is -0.368. The monoisotopic (exact) mass is 415 g/mol. The quantitative estimate of drug-likeness (QED) is 0.521. The molecule has 8 nitrogen and oxygen atoms in total. The van der Waals surface area contributed by atoms with Crippen molar-refractivity contribution in [3.05, 3.63) is 94.5 Å². The molecule has 1 N–H and O–H groups in total. The molecule has 0 aliphatic carbocycles.